The van der Waals surface area contributed by atoms with Crippen LogP contribution in [0.2, 0.25) is 0 Å². The Morgan fingerprint density at radius 1 is 0.309 bits per heavy atom. The van der Waals surface area contributed by atoms with E-state index >= 15 is 0 Å². The van der Waals surface area contributed by atoms with Gasteiger partial charge in [0.25, 0.3) is 0 Å². The molecule has 55 heavy (non-hydrogen) atoms. The molecule has 2 heterocycles. The number of fused-ring (bicyclic) bond motifs is 4. The first kappa shape index (κ1) is 31.1. The molecule has 0 atom stereocenters. The van der Waals surface area contributed by atoms with E-state index in [0.29, 0.717) is 17.5 Å². The summed E-state index contributed by atoms with van der Waals surface area (Å²) in [4.78, 5) is 17.8. The van der Waals surface area contributed by atoms with E-state index in [1.807, 2.05) is 18.2 Å². The van der Waals surface area contributed by atoms with Crippen LogP contribution in [0, 0.1) is 0 Å². The van der Waals surface area contributed by atoms with Crippen molar-refractivity contribution in [3.63, 3.8) is 0 Å². The monoisotopic (exact) mass is 700 g/mol. The van der Waals surface area contributed by atoms with Crippen molar-refractivity contribution in [2.24, 2.45) is 0 Å². The first-order chi connectivity index (χ1) is 27.2. The molecule has 0 fully saturated rings. The standard InChI is InChI=1S/C51H32N4/c1-3-14-35(15-4-1)49-52-50(40-25-23-34-13-8-10-17-37(34)31-40)54-51(53-49)45-28-29-46-48-43(20-11-21-44(45)48)42-27-26-39(32-47(42)55(46)41-18-5-2-6-19-41)38-24-22-33-12-7-9-16-36(33)30-38/h1-32H. The minimum atomic E-state index is 0.643. The molecule has 4 nitrogen and oxygen atoms in total. The molecule has 4 heteroatoms. The second-order valence-corrected chi connectivity index (χ2v) is 14.1. The maximum atomic E-state index is 5.21. The highest BCUT2D eigenvalue weighted by atomic mass is 15.2. The second-order valence-electron chi connectivity index (χ2n) is 14.1. The second kappa shape index (κ2) is 12.6. The molecule has 0 bridgehead atoms. The third-order valence-corrected chi connectivity index (χ3v) is 10.8. The van der Waals surface area contributed by atoms with Crippen molar-refractivity contribution < 1.29 is 0 Å². The molecular weight excluding hydrogens is 669 g/mol. The van der Waals surface area contributed by atoms with Gasteiger partial charge in [-0.1, -0.05) is 152 Å². The Hall–Kier alpha value is -7.43. The minimum absolute atomic E-state index is 0.643. The molecule has 11 rings (SSSR count). The van der Waals surface area contributed by atoms with E-state index in [9.17, 15) is 0 Å². The Labute approximate surface area is 318 Å². The molecule has 0 spiro atoms. The van der Waals surface area contributed by atoms with Gasteiger partial charge in [-0.3, -0.25) is 0 Å². The maximum absolute atomic E-state index is 5.21. The molecule has 0 amide bonds. The lowest BCUT2D eigenvalue weighted by molar-refractivity contribution is 1.08. The smallest absolute Gasteiger partial charge is 0.164 e. The molecule has 0 radical (unpaired) electrons. The van der Waals surface area contributed by atoms with Gasteiger partial charge in [0.1, 0.15) is 0 Å². The summed E-state index contributed by atoms with van der Waals surface area (Å²) in [6, 6.07) is 68.9. The van der Waals surface area contributed by atoms with E-state index < -0.39 is 0 Å². The molecule has 1 aromatic heterocycles. The Kier molecular flexibility index (Phi) is 7.14. The largest absolute Gasteiger partial charge is 0.309 e. The Morgan fingerprint density at radius 2 is 0.873 bits per heavy atom. The zero-order valence-corrected chi connectivity index (χ0v) is 29.8. The number of hydrogen-bond acceptors (Lipinski definition) is 4. The Bertz CT molecular complexity index is 3100. The van der Waals surface area contributed by atoms with Gasteiger partial charge in [-0.2, -0.15) is 0 Å². The minimum Gasteiger partial charge on any atom is -0.309 e. The summed E-state index contributed by atoms with van der Waals surface area (Å²) in [6.07, 6.45) is 0. The van der Waals surface area contributed by atoms with Crippen LogP contribution < -0.4 is 4.90 Å². The van der Waals surface area contributed by atoms with Crippen molar-refractivity contribution in [1.29, 1.82) is 0 Å². The molecule has 10 aromatic rings. The van der Waals surface area contributed by atoms with E-state index in [4.69, 9.17) is 15.0 Å². The number of nitrogens with zero attached hydrogens (tertiary/aromatic N) is 4. The maximum Gasteiger partial charge on any atom is 0.164 e. The zero-order chi connectivity index (χ0) is 36.3. The summed E-state index contributed by atoms with van der Waals surface area (Å²) in [6.45, 7) is 0. The van der Waals surface area contributed by atoms with Crippen LogP contribution >= 0.6 is 0 Å². The highest BCUT2D eigenvalue weighted by Gasteiger charge is 2.28. The van der Waals surface area contributed by atoms with Crippen LogP contribution in [-0.4, -0.2) is 15.0 Å². The molecule has 256 valence electrons. The fraction of sp³-hybridized carbons (Fsp3) is 0. The van der Waals surface area contributed by atoms with Gasteiger partial charge in [-0.15, -0.1) is 0 Å². The number of para-hydroxylation sites is 1. The molecule has 0 saturated heterocycles. The van der Waals surface area contributed by atoms with Crippen molar-refractivity contribution in [3.8, 4) is 56.4 Å². The molecular formula is C51H32N4. The van der Waals surface area contributed by atoms with Crippen molar-refractivity contribution in [2.75, 3.05) is 4.90 Å². The number of aromatic nitrogens is 3. The first-order valence-electron chi connectivity index (χ1n) is 18.6. The molecule has 0 aliphatic carbocycles. The van der Waals surface area contributed by atoms with Crippen LogP contribution in [0.25, 0.3) is 88.7 Å². The lowest BCUT2D eigenvalue weighted by Gasteiger charge is -2.34. The quantitative estimate of drug-likeness (QED) is 0.179. The number of benzene rings is 9. The SMILES string of the molecule is c1ccc(-c2nc(-c3ccc4ccccc4c3)nc(-c3ccc4c5c(cccc35)-c3ccc(-c5ccc6ccccc6c5)cc3N4c3ccccc3)n2)cc1. The molecule has 0 saturated carbocycles. The van der Waals surface area contributed by atoms with Crippen molar-refractivity contribution >= 4 is 49.4 Å². The molecule has 0 N–H and O–H groups in total. The van der Waals surface area contributed by atoms with E-state index in [0.717, 1.165) is 44.5 Å². The summed E-state index contributed by atoms with van der Waals surface area (Å²) < 4.78 is 0. The molecule has 9 aromatic carbocycles. The van der Waals surface area contributed by atoms with Crippen LogP contribution in [0.4, 0.5) is 17.1 Å². The highest BCUT2D eigenvalue weighted by Crippen LogP contribution is 2.53. The van der Waals surface area contributed by atoms with E-state index in [1.54, 1.807) is 0 Å². The lowest BCUT2D eigenvalue weighted by Crippen LogP contribution is -2.15. The van der Waals surface area contributed by atoms with Gasteiger partial charge < -0.3 is 4.90 Å². The van der Waals surface area contributed by atoms with Crippen LogP contribution in [0.15, 0.2) is 194 Å². The van der Waals surface area contributed by atoms with Gasteiger partial charge in [0, 0.05) is 33.3 Å². The predicted molar refractivity (Wildman–Crippen MR) is 228 cm³/mol. The summed E-state index contributed by atoms with van der Waals surface area (Å²) in [7, 11) is 0. The predicted octanol–water partition coefficient (Wildman–Crippen LogP) is 13.4. The topological polar surface area (TPSA) is 41.9 Å². The third kappa shape index (κ3) is 5.26. The summed E-state index contributed by atoms with van der Waals surface area (Å²) >= 11 is 0. The lowest BCUT2D eigenvalue weighted by atomic mass is 9.87. The van der Waals surface area contributed by atoms with Crippen molar-refractivity contribution in [1.82, 2.24) is 15.0 Å². The zero-order valence-electron chi connectivity index (χ0n) is 29.8. The third-order valence-electron chi connectivity index (χ3n) is 10.8. The molecule has 1 aliphatic heterocycles. The Balaban J connectivity index is 1.13. The highest BCUT2D eigenvalue weighted by molar-refractivity contribution is 6.17. The van der Waals surface area contributed by atoms with E-state index in [2.05, 4.69) is 181 Å². The Morgan fingerprint density at radius 3 is 1.62 bits per heavy atom. The van der Waals surface area contributed by atoms with Crippen LogP contribution in [0.1, 0.15) is 0 Å². The average molecular weight is 701 g/mol. The average Bonchev–Trinajstić information content (AvgIpc) is 3.26. The molecule has 0 unspecified atom stereocenters. The van der Waals surface area contributed by atoms with Gasteiger partial charge in [-0.05, 0) is 86.1 Å². The number of hydrogen-bond donors (Lipinski definition) is 0. The van der Waals surface area contributed by atoms with Crippen LogP contribution in [0.3, 0.4) is 0 Å². The van der Waals surface area contributed by atoms with Crippen LogP contribution in [0.5, 0.6) is 0 Å². The summed E-state index contributed by atoms with van der Waals surface area (Å²) in [5.74, 6) is 1.93. The fourth-order valence-corrected chi connectivity index (χ4v) is 8.14. The van der Waals surface area contributed by atoms with Crippen molar-refractivity contribution in [3.05, 3.63) is 194 Å². The normalized spacial score (nSPS) is 12.0. The van der Waals surface area contributed by atoms with Crippen molar-refractivity contribution in [2.45, 2.75) is 0 Å². The first-order valence-corrected chi connectivity index (χ1v) is 18.6. The van der Waals surface area contributed by atoms with Gasteiger partial charge in [0.2, 0.25) is 0 Å². The molecule has 1 aliphatic rings. The van der Waals surface area contributed by atoms with E-state index in [-0.39, 0.29) is 0 Å². The van der Waals surface area contributed by atoms with Gasteiger partial charge >= 0.3 is 0 Å². The summed E-state index contributed by atoms with van der Waals surface area (Å²) in [5, 5.41) is 7.06. The fourth-order valence-electron chi connectivity index (χ4n) is 8.14. The summed E-state index contributed by atoms with van der Waals surface area (Å²) in [5.41, 5.74) is 11.0. The van der Waals surface area contributed by atoms with Gasteiger partial charge in [-0.25, -0.2) is 15.0 Å². The van der Waals surface area contributed by atoms with E-state index in [1.165, 1.54) is 43.8 Å². The van der Waals surface area contributed by atoms with Crippen LogP contribution in [-0.2, 0) is 0 Å². The number of rotatable bonds is 5. The van der Waals surface area contributed by atoms with Gasteiger partial charge in [0.05, 0.1) is 11.4 Å². The van der Waals surface area contributed by atoms with Gasteiger partial charge in [0.15, 0.2) is 17.5 Å². The number of anilines is 3.